The summed E-state index contributed by atoms with van der Waals surface area (Å²) in [6.45, 7) is 0. The maximum absolute atomic E-state index is 5.01. The van der Waals surface area contributed by atoms with Crippen molar-refractivity contribution in [1.82, 2.24) is 0 Å². The number of rotatable bonds is 0. The molecule has 0 bridgehead atoms. The normalized spacial score (nSPS) is 6.91. The van der Waals surface area contributed by atoms with E-state index in [9.17, 15) is 0 Å². The van der Waals surface area contributed by atoms with Crippen molar-refractivity contribution in [1.29, 1.82) is 0 Å². The SMILES string of the molecule is [Cl][Pt]([Cl])([Cl])[Cl].[NH2-].[NH2-].[NH2-].[NH2-].[NH2-].[NH2-]. The molecule has 0 aliphatic rings. The summed E-state index contributed by atoms with van der Waals surface area (Å²) in [5.41, 5.74) is 0. The Morgan fingerprint density at radius 3 is 0.455 bits per heavy atom. The van der Waals surface area contributed by atoms with E-state index in [1.54, 1.807) is 0 Å². The van der Waals surface area contributed by atoms with Crippen molar-refractivity contribution < 1.29 is 11.9 Å². The molecule has 11 heteroatoms. The Morgan fingerprint density at radius 2 is 0.455 bits per heavy atom. The summed E-state index contributed by atoms with van der Waals surface area (Å²) in [6.07, 6.45) is 0. The third-order valence-corrected chi connectivity index (χ3v) is 0. The standard InChI is InChI=1S/4ClH.6H2N.Pt/h4*1H;6*1H2;/q;;;;6*-1;+4/p-4. The van der Waals surface area contributed by atoms with Crippen molar-refractivity contribution in [2.24, 2.45) is 0 Å². The second kappa shape index (κ2) is 22.6. The summed E-state index contributed by atoms with van der Waals surface area (Å²) in [5, 5.41) is 0. The molecule has 0 aromatic heterocycles. The van der Waals surface area contributed by atoms with E-state index in [0.29, 0.717) is 0 Å². The maximum atomic E-state index is 5.01. The molecule has 0 heterocycles. The van der Waals surface area contributed by atoms with Gasteiger partial charge in [0.05, 0.1) is 0 Å². The van der Waals surface area contributed by atoms with Crippen LogP contribution in [0.2, 0.25) is 0 Å². The second-order valence-electron chi connectivity index (χ2n) is 0.271. The third kappa shape index (κ3) is 414. The molecule has 0 saturated carbocycles. The molecule has 6 nitrogen and oxygen atoms in total. The minimum absolute atomic E-state index is 0. The van der Waals surface area contributed by atoms with E-state index < -0.39 is 11.9 Å². The number of hydrogen-bond donors (Lipinski definition) is 0. The van der Waals surface area contributed by atoms with Crippen LogP contribution in [0.15, 0.2) is 0 Å². The molecule has 0 aliphatic carbocycles. The first kappa shape index (κ1) is 54.0. The van der Waals surface area contributed by atoms with Crippen molar-refractivity contribution in [3.8, 4) is 0 Å². The van der Waals surface area contributed by atoms with Gasteiger partial charge in [-0.15, -0.1) is 0 Å². The first-order valence-corrected chi connectivity index (χ1v) is 11.7. The molecule has 0 aromatic rings. The Bertz CT molecular complexity index is 30.1. The molecule has 0 amide bonds. The fourth-order valence-electron chi connectivity index (χ4n) is 0. The Morgan fingerprint density at radius 1 is 0.455 bits per heavy atom. The minimum atomic E-state index is -3.06. The predicted octanol–water partition coefficient (Wildman–Crippen LogP) is 7.06. The van der Waals surface area contributed by atoms with E-state index in [4.69, 9.17) is 37.7 Å². The van der Waals surface area contributed by atoms with E-state index in [1.165, 1.54) is 0 Å². The molecular weight excluding hydrogens is 421 g/mol. The molecule has 0 unspecified atom stereocenters. The average molecular weight is 433 g/mol. The summed E-state index contributed by atoms with van der Waals surface area (Å²) in [6, 6.07) is 0. The Balaban J connectivity index is -0.00000000533. The molecule has 11 heavy (non-hydrogen) atoms. The van der Waals surface area contributed by atoms with Crippen molar-refractivity contribution in [3.63, 3.8) is 0 Å². The van der Waals surface area contributed by atoms with E-state index >= 15 is 0 Å². The molecule has 0 aliphatic heterocycles. The molecule has 0 spiro atoms. The second-order valence-corrected chi connectivity index (χ2v) is 20.0. The van der Waals surface area contributed by atoms with Crippen LogP contribution in [0.1, 0.15) is 0 Å². The third-order valence-electron chi connectivity index (χ3n) is 0. The monoisotopic (exact) mass is 431 g/mol. The fraction of sp³-hybridized carbons (Fsp3) is 0. The van der Waals surface area contributed by atoms with Gasteiger partial charge in [0, 0.05) is 0 Å². The maximum Gasteiger partial charge on any atom is -0.693 e. The summed E-state index contributed by atoms with van der Waals surface area (Å²) in [4.78, 5) is 0. The van der Waals surface area contributed by atoms with Crippen LogP contribution >= 0.6 is 37.7 Å². The van der Waals surface area contributed by atoms with Gasteiger partial charge in [-0.3, -0.25) is 0 Å². The van der Waals surface area contributed by atoms with Crippen LogP contribution in [0, 0.1) is 0 Å². The van der Waals surface area contributed by atoms with E-state index in [0.717, 1.165) is 0 Å². The van der Waals surface area contributed by atoms with Crippen LogP contribution in [0.25, 0.3) is 36.9 Å². The first-order valence-electron chi connectivity index (χ1n) is 0.478. The fourth-order valence-corrected chi connectivity index (χ4v) is 0. The van der Waals surface area contributed by atoms with Crippen molar-refractivity contribution in [2.75, 3.05) is 0 Å². The van der Waals surface area contributed by atoms with Crippen LogP contribution in [0.4, 0.5) is 0 Å². The molecule has 0 radical (unpaired) electrons. The molecule has 12 N–H and O–H groups in total. The van der Waals surface area contributed by atoms with E-state index in [2.05, 4.69) is 0 Å². The Hall–Kier alpha value is 1.61. The number of halogens is 4. The molecule has 0 atom stereocenters. The van der Waals surface area contributed by atoms with Crippen LogP contribution in [0.3, 0.4) is 0 Å². The molecule has 86 valence electrons. The van der Waals surface area contributed by atoms with Crippen molar-refractivity contribution in [2.45, 2.75) is 0 Å². The number of hydrogen-bond acceptors (Lipinski definition) is 0. The van der Waals surface area contributed by atoms with Gasteiger partial charge in [0.2, 0.25) is 0 Å². The van der Waals surface area contributed by atoms with Crippen LogP contribution in [0.5, 0.6) is 0 Å². The average Bonchev–Trinajstić information content (AvgIpc) is 0.722. The molecule has 0 saturated heterocycles. The first-order chi connectivity index (χ1) is 2.00. The predicted molar refractivity (Wildman–Crippen MR) is 55.1 cm³/mol. The largest absolute Gasteiger partial charge is 0.693 e. The summed E-state index contributed by atoms with van der Waals surface area (Å²) < 4.78 is 0. The van der Waals surface area contributed by atoms with Gasteiger partial charge in [-0.1, -0.05) is 0 Å². The van der Waals surface area contributed by atoms with Gasteiger partial charge in [0.1, 0.15) is 0 Å². The molecule has 0 aromatic carbocycles. The Labute approximate surface area is 86.1 Å². The van der Waals surface area contributed by atoms with Crippen LogP contribution < -0.4 is 0 Å². The Kier molecular flexibility index (Phi) is 111. The molecule has 0 fully saturated rings. The quantitative estimate of drug-likeness (QED) is 0.377. The van der Waals surface area contributed by atoms with Gasteiger partial charge in [0.15, 0.2) is 0 Å². The summed E-state index contributed by atoms with van der Waals surface area (Å²) >= 11 is -3.06. The minimum Gasteiger partial charge on any atom is -0.693 e. The van der Waals surface area contributed by atoms with E-state index in [1.807, 2.05) is 0 Å². The van der Waals surface area contributed by atoms with Gasteiger partial charge >= 0.3 is 49.6 Å². The van der Waals surface area contributed by atoms with Gasteiger partial charge < -0.3 is 36.9 Å². The molecule has 0 rings (SSSR count). The summed E-state index contributed by atoms with van der Waals surface area (Å²) in [5.74, 6) is 0. The zero-order valence-corrected chi connectivity index (χ0v) is 10.6. The van der Waals surface area contributed by atoms with Crippen LogP contribution in [-0.2, 0) is 11.9 Å². The molecular formula is H12Cl4N6Pt-6. The van der Waals surface area contributed by atoms with E-state index in [-0.39, 0.29) is 36.9 Å². The van der Waals surface area contributed by atoms with Crippen molar-refractivity contribution in [3.05, 3.63) is 36.9 Å². The van der Waals surface area contributed by atoms with Gasteiger partial charge in [0.25, 0.3) is 0 Å². The van der Waals surface area contributed by atoms with Gasteiger partial charge in [-0.2, -0.15) is 0 Å². The topological polar surface area (TPSA) is 201 Å². The zero-order valence-electron chi connectivity index (χ0n) is 5.29. The number of nitrogens with two attached hydrogens (primary N) is 6. The van der Waals surface area contributed by atoms with Gasteiger partial charge in [-0.25, -0.2) is 0 Å². The van der Waals surface area contributed by atoms with Crippen molar-refractivity contribution >= 4 is 37.7 Å². The summed E-state index contributed by atoms with van der Waals surface area (Å²) in [7, 11) is 20.0. The van der Waals surface area contributed by atoms with Gasteiger partial charge in [-0.05, 0) is 0 Å². The van der Waals surface area contributed by atoms with Crippen LogP contribution in [-0.4, -0.2) is 0 Å². The zero-order chi connectivity index (χ0) is 4.50. The smallest absolute Gasteiger partial charge is 0.693 e.